The first kappa shape index (κ1) is 14.4. The third kappa shape index (κ3) is 6.47. The maximum absolute atomic E-state index is 11.8. The van der Waals surface area contributed by atoms with Crippen molar-refractivity contribution in [3.05, 3.63) is 0 Å². The molecular weight excluding hydrogens is 192 g/mol. The number of nitrogens with two attached hydrogens (primary N) is 1. The number of hydrogen-bond acceptors (Lipinski definition) is 3. The number of likely N-dealkylation sites (N-methyl/N-ethyl adjacent to an activating group) is 1. The number of methoxy groups -OCH3 is 1. The highest BCUT2D eigenvalue weighted by Crippen LogP contribution is 2.02. The molecule has 4 heteroatoms. The second-order valence-corrected chi connectivity index (χ2v) is 3.72. The van der Waals surface area contributed by atoms with Gasteiger partial charge in [0.15, 0.2) is 0 Å². The van der Waals surface area contributed by atoms with Crippen LogP contribution in [0.4, 0.5) is 0 Å². The molecule has 0 aliphatic carbocycles. The fourth-order valence-corrected chi connectivity index (χ4v) is 1.49. The predicted molar refractivity (Wildman–Crippen MR) is 61.6 cm³/mol. The number of rotatable bonds is 8. The van der Waals surface area contributed by atoms with Crippen LogP contribution in [-0.2, 0) is 9.53 Å². The summed E-state index contributed by atoms with van der Waals surface area (Å²) in [6.07, 6.45) is 2.39. The first-order chi connectivity index (χ1) is 7.15. The molecule has 1 amide bonds. The van der Waals surface area contributed by atoms with Gasteiger partial charge < -0.3 is 15.4 Å². The predicted octanol–water partition coefficient (Wildman–Crippen LogP) is 0.999. The molecule has 0 saturated heterocycles. The SMILES string of the molecule is CCCC(N)CC(=O)N(CC)CCOC. The largest absolute Gasteiger partial charge is 0.383 e. The summed E-state index contributed by atoms with van der Waals surface area (Å²) >= 11 is 0. The molecule has 0 radical (unpaired) electrons. The van der Waals surface area contributed by atoms with Gasteiger partial charge in [-0.15, -0.1) is 0 Å². The van der Waals surface area contributed by atoms with Gasteiger partial charge in [-0.3, -0.25) is 4.79 Å². The monoisotopic (exact) mass is 216 g/mol. The van der Waals surface area contributed by atoms with Crippen LogP contribution in [0.5, 0.6) is 0 Å². The number of nitrogens with zero attached hydrogens (tertiary/aromatic N) is 1. The number of hydrogen-bond donors (Lipinski definition) is 1. The van der Waals surface area contributed by atoms with Crippen molar-refractivity contribution in [2.45, 2.75) is 39.2 Å². The summed E-state index contributed by atoms with van der Waals surface area (Å²) in [5.74, 6) is 0.135. The van der Waals surface area contributed by atoms with Crippen molar-refractivity contribution in [2.24, 2.45) is 5.73 Å². The van der Waals surface area contributed by atoms with Gasteiger partial charge in [0.1, 0.15) is 0 Å². The first-order valence-electron chi connectivity index (χ1n) is 5.67. The first-order valence-corrected chi connectivity index (χ1v) is 5.67. The van der Waals surface area contributed by atoms with Crippen LogP contribution in [0.25, 0.3) is 0 Å². The fraction of sp³-hybridized carbons (Fsp3) is 0.909. The van der Waals surface area contributed by atoms with Crippen LogP contribution < -0.4 is 5.73 Å². The lowest BCUT2D eigenvalue weighted by molar-refractivity contribution is -0.132. The van der Waals surface area contributed by atoms with Crippen molar-refractivity contribution < 1.29 is 9.53 Å². The molecule has 0 aromatic carbocycles. The van der Waals surface area contributed by atoms with Gasteiger partial charge in [0.25, 0.3) is 0 Å². The minimum atomic E-state index is -0.000838. The Balaban J connectivity index is 3.91. The fourth-order valence-electron chi connectivity index (χ4n) is 1.49. The van der Waals surface area contributed by atoms with E-state index in [1.54, 1.807) is 12.0 Å². The number of amides is 1. The van der Waals surface area contributed by atoms with Gasteiger partial charge >= 0.3 is 0 Å². The summed E-state index contributed by atoms with van der Waals surface area (Å²) in [5.41, 5.74) is 5.83. The number of carbonyl (C=O) groups is 1. The average Bonchev–Trinajstić information content (AvgIpc) is 2.19. The van der Waals surface area contributed by atoms with Crippen molar-refractivity contribution in [3.8, 4) is 0 Å². The van der Waals surface area contributed by atoms with Crippen LogP contribution in [-0.4, -0.2) is 43.7 Å². The van der Waals surface area contributed by atoms with Crippen LogP contribution in [0, 0.1) is 0 Å². The molecule has 1 unspecified atom stereocenters. The Hall–Kier alpha value is -0.610. The molecule has 0 aliphatic heterocycles. The Kier molecular flexibility index (Phi) is 8.33. The Morgan fingerprint density at radius 1 is 1.47 bits per heavy atom. The molecule has 1 atom stereocenters. The highest BCUT2D eigenvalue weighted by Gasteiger charge is 2.14. The zero-order chi connectivity index (χ0) is 11.7. The molecule has 0 rings (SSSR count). The van der Waals surface area contributed by atoms with Crippen molar-refractivity contribution in [1.29, 1.82) is 0 Å². The van der Waals surface area contributed by atoms with Crippen molar-refractivity contribution in [1.82, 2.24) is 4.90 Å². The quantitative estimate of drug-likeness (QED) is 0.658. The zero-order valence-corrected chi connectivity index (χ0v) is 10.2. The minimum absolute atomic E-state index is 0.000838. The van der Waals surface area contributed by atoms with Crippen molar-refractivity contribution in [3.63, 3.8) is 0 Å². The van der Waals surface area contributed by atoms with E-state index in [-0.39, 0.29) is 11.9 Å². The molecule has 0 bridgehead atoms. The van der Waals surface area contributed by atoms with E-state index in [1.165, 1.54) is 0 Å². The lowest BCUT2D eigenvalue weighted by Crippen LogP contribution is -2.37. The van der Waals surface area contributed by atoms with Crippen LogP contribution in [0.2, 0.25) is 0 Å². The lowest BCUT2D eigenvalue weighted by Gasteiger charge is -2.22. The molecule has 4 nitrogen and oxygen atoms in total. The number of carbonyl (C=O) groups excluding carboxylic acids is 1. The van der Waals surface area contributed by atoms with Gasteiger partial charge in [0.05, 0.1) is 6.61 Å². The molecule has 0 heterocycles. The molecule has 0 aliphatic rings. The molecule has 0 saturated carbocycles. The molecule has 0 aromatic heterocycles. The smallest absolute Gasteiger partial charge is 0.224 e. The number of ether oxygens (including phenoxy) is 1. The molecular formula is C11H24N2O2. The third-order valence-electron chi connectivity index (χ3n) is 2.40. The van der Waals surface area contributed by atoms with Gasteiger partial charge in [-0.2, -0.15) is 0 Å². The van der Waals surface area contributed by atoms with E-state index in [2.05, 4.69) is 6.92 Å². The Morgan fingerprint density at radius 2 is 2.13 bits per heavy atom. The summed E-state index contributed by atoms with van der Waals surface area (Å²) in [6, 6.07) is -0.000838. The van der Waals surface area contributed by atoms with Gasteiger partial charge in [0.2, 0.25) is 5.91 Å². The summed E-state index contributed by atoms with van der Waals surface area (Å²) in [5, 5.41) is 0. The van der Waals surface area contributed by atoms with Gasteiger partial charge in [-0.05, 0) is 13.3 Å². The Bertz CT molecular complexity index is 174. The van der Waals surface area contributed by atoms with E-state index in [0.717, 1.165) is 19.4 Å². The molecule has 90 valence electrons. The van der Waals surface area contributed by atoms with Crippen LogP contribution >= 0.6 is 0 Å². The average molecular weight is 216 g/mol. The summed E-state index contributed by atoms with van der Waals surface area (Å²) in [4.78, 5) is 13.5. The second kappa shape index (κ2) is 8.68. The Labute approximate surface area is 92.8 Å². The lowest BCUT2D eigenvalue weighted by atomic mass is 10.1. The van der Waals surface area contributed by atoms with Gasteiger partial charge in [0, 0.05) is 32.7 Å². The topological polar surface area (TPSA) is 55.6 Å². The molecule has 0 fully saturated rings. The summed E-state index contributed by atoms with van der Waals surface area (Å²) in [7, 11) is 1.64. The third-order valence-corrected chi connectivity index (χ3v) is 2.40. The van der Waals surface area contributed by atoms with Gasteiger partial charge in [-0.25, -0.2) is 0 Å². The summed E-state index contributed by atoms with van der Waals surface area (Å²) in [6.45, 7) is 6.01. The van der Waals surface area contributed by atoms with E-state index < -0.39 is 0 Å². The van der Waals surface area contributed by atoms with Crippen molar-refractivity contribution >= 4 is 5.91 Å². The second-order valence-electron chi connectivity index (χ2n) is 3.72. The standard InChI is InChI=1S/C11H24N2O2/c1-4-6-10(12)9-11(14)13(5-2)7-8-15-3/h10H,4-9,12H2,1-3H3. The molecule has 15 heavy (non-hydrogen) atoms. The minimum Gasteiger partial charge on any atom is -0.383 e. The van der Waals surface area contributed by atoms with E-state index in [9.17, 15) is 4.79 Å². The van der Waals surface area contributed by atoms with E-state index in [1.807, 2.05) is 6.92 Å². The summed E-state index contributed by atoms with van der Waals surface area (Å²) < 4.78 is 4.95. The van der Waals surface area contributed by atoms with E-state index in [0.29, 0.717) is 19.6 Å². The normalized spacial score (nSPS) is 12.5. The van der Waals surface area contributed by atoms with Crippen molar-refractivity contribution in [2.75, 3.05) is 26.8 Å². The van der Waals surface area contributed by atoms with Crippen LogP contribution in [0.15, 0.2) is 0 Å². The molecule has 0 spiro atoms. The maximum atomic E-state index is 11.8. The highest BCUT2D eigenvalue weighted by atomic mass is 16.5. The Morgan fingerprint density at radius 3 is 2.60 bits per heavy atom. The zero-order valence-electron chi connectivity index (χ0n) is 10.2. The van der Waals surface area contributed by atoms with E-state index >= 15 is 0 Å². The molecule has 2 N–H and O–H groups in total. The van der Waals surface area contributed by atoms with Gasteiger partial charge in [-0.1, -0.05) is 13.3 Å². The van der Waals surface area contributed by atoms with Crippen LogP contribution in [0.3, 0.4) is 0 Å². The molecule has 0 aromatic rings. The maximum Gasteiger partial charge on any atom is 0.224 e. The highest BCUT2D eigenvalue weighted by molar-refractivity contribution is 5.76. The van der Waals surface area contributed by atoms with E-state index in [4.69, 9.17) is 10.5 Å². The van der Waals surface area contributed by atoms with Crippen LogP contribution in [0.1, 0.15) is 33.1 Å².